The number of carbonyl (C=O) groups excluding carboxylic acids is 1. The zero-order valence-electron chi connectivity index (χ0n) is 8.60. The Morgan fingerprint density at radius 3 is 2.40 bits per heavy atom. The first-order valence-electron chi connectivity index (χ1n) is 4.59. The molecule has 0 aliphatic heterocycles. The number of nitrogens with zero attached hydrogens (tertiary/aromatic N) is 1. The molecule has 0 fully saturated rings. The summed E-state index contributed by atoms with van der Waals surface area (Å²) in [6, 6.07) is 0. The standard InChI is InChI=1S/C8H16F3N3O/c1-13-7(15)2-4-14(5-3-12)6-8(9,10)11/h2-6,12H2,1H3,(H,13,15). The van der Waals surface area contributed by atoms with Crippen molar-refractivity contribution in [1.82, 2.24) is 10.2 Å². The summed E-state index contributed by atoms with van der Waals surface area (Å²) in [5, 5.41) is 2.35. The van der Waals surface area contributed by atoms with Crippen LogP contribution in [0.2, 0.25) is 0 Å². The van der Waals surface area contributed by atoms with E-state index in [1.54, 1.807) is 0 Å². The van der Waals surface area contributed by atoms with Crippen LogP contribution in [0.3, 0.4) is 0 Å². The summed E-state index contributed by atoms with van der Waals surface area (Å²) >= 11 is 0. The van der Waals surface area contributed by atoms with E-state index < -0.39 is 12.7 Å². The smallest absolute Gasteiger partial charge is 0.359 e. The topological polar surface area (TPSA) is 58.4 Å². The second-order valence-corrected chi connectivity index (χ2v) is 3.10. The minimum absolute atomic E-state index is 0.0482. The number of amides is 1. The highest BCUT2D eigenvalue weighted by Crippen LogP contribution is 2.16. The molecule has 0 aliphatic rings. The van der Waals surface area contributed by atoms with Crippen LogP contribution in [0.5, 0.6) is 0 Å². The van der Waals surface area contributed by atoms with Gasteiger partial charge in [0, 0.05) is 33.1 Å². The molecule has 0 aromatic heterocycles. The van der Waals surface area contributed by atoms with E-state index in [0.717, 1.165) is 4.90 Å². The highest BCUT2D eigenvalue weighted by atomic mass is 19.4. The third kappa shape index (κ3) is 8.19. The van der Waals surface area contributed by atoms with Crippen molar-refractivity contribution < 1.29 is 18.0 Å². The maximum absolute atomic E-state index is 12.1. The molecule has 0 heterocycles. The van der Waals surface area contributed by atoms with Crippen LogP contribution in [0.15, 0.2) is 0 Å². The van der Waals surface area contributed by atoms with E-state index in [1.807, 2.05) is 0 Å². The van der Waals surface area contributed by atoms with Crippen LogP contribution in [0.25, 0.3) is 0 Å². The van der Waals surface area contributed by atoms with Crippen LogP contribution in [-0.2, 0) is 4.79 Å². The first-order chi connectivity index (χ1) is 6.89. The minimum Gasteiger partial charge on any atom is -0.359 e. The quantitative estimate of drug-likeness (QED) is 0.668. The van der Waals surface area contributed by atoms with Crippen LogP contribution >= 0.6 is 0 Å². The van der Waals surface area contributed by atoms with E-state index >= 15 is 0 Å². The fourth-order valence-electron chi connectivity index (χ4n) is 1.09. The van der Waals surface area contributed by atoms with E-state index in [1.165, 1.54) is 7.05 Å². The Hall–Kier alpha value is -0.820. The van der Waals surface area contributed by atoms with Crippen molar-refractivity contribution in [2.24, 2.45) is 5.73 Å². The summed E-state index contributed by atoms with van der Waals surface area (Å²) in [5.41, 5.74) is 5.18. The van der Waals surface area contributed by atoms with Gasteiger partial charge >= 0.3 is 6.18 Å². The summed E-state index contributed by atoms with van der Waals surface area (Å²) in [4.78, 5) is 12.0. The van der Waals surface area contributed by atoms with Crippen molar-refractivity contribution in [3.63, 3.8) is 0 Å². The van der Waals surface area contributed by atoms with E-state index in [0.29, 0.717) is 0 Å². The molecule has 90 valence electrons. The summed E-state index contributed by atoms with van der Waals surface area (Å²) in [6.07, 6.45) is -4.20. The van der Waals surface area contributed by atoms with Crippen LogP contribution in [0.1, 0.15) is 6.42 Å². The zero-order valence-corrected chi connectivity index (χ0v) is 8.60. The van der Waals surface area contributed by atoms with Gasteiger partial charge in [-0.15, -0.1) is 0 Å². The molecule has 0 atom stereocenters. The molecule has 0 aromatic carbocycles. The molecule has 0 spiro atoms. The largest absolute Gasteiger partial charge is 0.401 e. The van der Waals surface area contributed by atoms with Gasteiger partial charge in [0.1, 0.15) is 0 Å². The van der Waals surface area contributed by atoms with Crippen LogP contribution in [0, 0.1) is 0 Å². The maximum atomic E-state index is 12.1. The number of rotatable bonds is 6. The molecule has 0 unspecified atom stereocenters. The van der Waals surface area contributed by atoms with Crippen LogP contribution in [-0.4, -0.2) is 50.2 Å². The number of nitrogens with two attached hydrogens (primary N) is 1. The Kier molecular flexibility index (Phi) is 6.26. The average molecular weight is 227 g/mol. The number of hydrogen-bond acceptors (Lipinski definition) is 3. The predicted octanol–water partition coefficient (Wildman–Crippen LogP) is -0.0545. The highest BCUT2D eigenvalue weighted by molar-refractivity contribution is 5.75. The first-order valence-corrected chi connectivity index (χ1v) is 4.59. The molecular weight excluding hydrogens is 211 g/mol. The molecule has 1 amide bonds. The van der Waals surface area contributed by atoms with Gasteiger partial charge in [0.05, 0.1) is 6.54 Å². The third-order valence-electron chi connectivity index (χ3n) is 1.78. The number of carbonyl (C=O) groups is 1. The van der Waals surface area contributed by atoms with Gasteiger partial charge < -0.3 is 11.1 Å². The van der Waals surface area contributed by atoms with Gasteiger partial charge in [-0.1, -0.05) is 0 Å². The summed E-state index contributed by atoms with van der Waals surface area (Å²) in [5.74, 6) is -0.279. The van der Waals surface area contributed by atoms with E-state index in [4.69, 9.17) is 5.73 Å². The molecule has 0 rings (SSSR count). The predicted molar refractivity (Wildman–Crippen MR) is 50.2 cm³/mol. The SMILES string of the molecule is CNC(=O)CCN(CCN)CC(F)(F)F. The summed E-state index contributed by atoms with van der Waals surface area (Å²) in [7, 11) is 1.44. The second kappa shape index (κ2) is 6.62. The lowest BCUT2D eigenvalue weighted by atomic mass is 10.3. The van der Waals surface area contributed by atoms with E-state index in [9.17, 15) is 18.0 Å². The molecule has 0 radical (unpaired) electrons. The molecule has 3 N–H and O–H groups in total. The normalized spacial score (nSPS) is 11.9. The Labute approximate surface area is 86.6 Å². The van der Waals surface area contributed by atoms with Gasteiger partial charge in [0.2, 0.25) is 5.91 Å². The summed E-state index contributed by atoms with van der Waals surface area (Å²) < 4.78 is 36.2. The van der Waals surface area contributed by atoms with Gasteiger partial charge in [-0.25, -0.2) is 0 Å². The Morgan fingerprint density at radius 1 is 1.40 bits per heavy atom. The molecule has 0 bridgehead atoms. The molecule has 0 aliphatic carbocycles. The van der Waals surface area contributed by atoms with Crippen molar-refractivity contribution in [3.8, 4) is 0 Å². The highest BCUT2D eigenvalue weighted by Gasteiger charge is 2.30. The second-order valence-electron chi connectivity index (χ2n) is 3.10. The molecule has 4 nitrogen and oxygen atoms in total. The van der Waals surface area contributed by atoms with Gasteiger partial charge in [-0.3, -0.25) is 9.69 Å². The third-order valence-corrected chi connectivity index (χ3v) is 1.78. The molecule has 7 heteroatoms. The first kappa shape index (κ1) is 14.2. The molecule has 15 heavy (non-hydrogen) atoms. The van der Waals surface area contributed by atoms with E-state index in [2.05, 4.69) is 5.32 Å². The lowest BCUT2D eigenvalue weighted by molar-refractivity contribution is -0.146. The average Bonchev–Trinajstić information content (AvgIpc) is 2.11. The Bertz CT molecular complexity index is 196. The molecular formula is C8H16F3N3O. The fraction of sp³-hybridized carbons (Fsp3) is 0.875. The Morgan fingerprint density at radius 2 is 2.00 bits per heavy atom. The van der Waals surface area contributed by atoms with Crippen molar-refractivity contribution in [1.29, 1.82) is 0 Å². The number of hydrogen-bond donors (Lipinski definition) is 2. The Balaban J connectivity index is 3.99. The number of halogens is 3. The molecule has 0 aromatic rings. The van der Waals surface area contributed by atoms with Crippen molar-refractivity contribution in [2.75, 3.05) is 33.2 Å². The van der Waals surface area contributed by atoms with Gasteiger partial charge in [0.25, 0.3) is 0 Å². The van der Waals surface area contributed by atoms with Crippen LogP contribution < -0.4 is 11.1 Å². The summed E-state index contributed by atoms with van der Waals surface area (Å²) in [6.45, 7) is -0.683. The van der Waals surface area contributed by atoms with Gasteiger partial charge in [0.15, 0.2) is 0 Å². The van der Waals surface area contributed by atoms with Gasteiger partial charge in [-0.2, -0.15) is 13.2 Å². The zero-order chi connectivity index (χ0) is 11.9. The van der Waals surface area contributed by atoms with E-state index in [-0.39, 0.29) is 32.0 Å². The number of alkyl halides is 3. The van der Waals surface area contributed by atoms with Crippen molar-refractivity contribution in [2.45, 2.75) is 12.6 Å². The fourth-order valence-corrected chi connectivity index (χ4v) is 1.09. The number of nitrogens with one attached hydrogen (secondary N) is 1. The van der Waals surface area contributed by atoms with Gasteiger partial charge in [-0.05, 0) is 0 Å². The maximum Gasteiger partial charge on any atom is 0.401 e. The lowest BCUT2D eigenvalue weighted by Crippen LogP contribution is -2.39. The monoisotopic (exact) mass is 227 g/mol. The van der Waals surface area contributed by atoms with Crippen molar-refractivity contribution in [3.05, 3.63) is 0 Å². The molecule has 0 saturated carbocycles. The van der Waals surface area contributed by atoms with Crippen molar-refractivity contribution >= 4 is 5.91 Å². The molecule has 0 saturated heterocycles. The van der Waals surface area contributed by atoms with Crippen LogP contribution in [0.4, 0.5) is 13.2 Å². The lowest BCUT2D eigenvalue weighted by Gasteiger charge is -2.22. The minimum atomic E-state index is -4.25.